The summed E-state index contributed by atoms with van der Waals surface area (Å²) in [7, 11) is 0. The fraction of sp³-hybridized carbons (Fsp3) is 0.500. The summed E-state index contributed by atoms with van der Waals surface area (Å²) in [6, 6.07) is 14.1. The van der Waals surface area contributed by atoms with Gasteiger partial charge in [-0.25, -0.2) is 0 Å². The van der Waals surface area contributed by atoms with Gasteiger partial charge in [-0.1, -0.05) is 53.7 Å². The van der Waals surface area contributed by atoms with Gasteiger partial charge in [-0.15, -0.1) is 10.2 Å². The minimum atomic E-state index is -0.265. The molecule has 3 aromatic rings. The number of nitrogens with one attached hydrogen (secondary N) is 1. The zero-order valence-corrected chi connectivity index (χ0v) is 23.4. The highest BCUT2D eigenvalue weighted by Crippen LogP contribution is 2.60. The predicted molar refractivity (Wildman–Crippen MR) is 149 cm³/mol. The second-order valence-electron chi connectivity index (χ2n) is 11.7. The number of carbonyl (C=O) groups is 1. The Labute approximate surface area is 228 Å². The van der Waals surface area contributed by atoms with Crippen molar-refractivity contribution in [3.05, 3.63) is 70.0 Å². The van der Waals surface area contributed by atoms with Gasteiger partial charge < -0.3 is 5.32 Å². The van der Waals surface area contributed by atoms with E-state index in [-0.39, 0.29) is 17.4 Å². The first-order valence-corrected chi connectivity index (χ1v) is 14.9. The predicted octanol–water partition coefficient (Wildman–Crippen LogP) is 7.22. The summed E-state index contributed by atoms with van der Waals surface area (Å²) in [5.74, 6) is 3.94. The van der Waals surface area contributed by atoms with Gasteiger partial charge in [0.15, 0.2) is 11.0 Å². The zero-order valence-electron chi connectivity index (χ0n) is 21.8. The molecule has 4 saturated carbocycles. The first-order valence-electron chi connectivity index (χ1n) is 13.5. The molecule has 37 heavy (non-hydrogen) atoms. The molecule has 0 radical (unpaired) electrons. The highest BCUT2D eigenvalue weighted by atomic mass is 35.5. The van der Waals surface area contributed by atoms with E-state index in [9.17, 15) is 4.79 Å². The minimum Gasteiger partial charge on any atom is -0.346 e. The van der Waals surface area contributed by atoms with Gasteiger partial charge in [0.1, 0.15) is 0 Å². The van der Waals surface area contributed by atoms with Crippen molar-refractivity contribution in [1.29, 1.82) is 0 Å². The third kappa shape index (κ3) is 4.72. The van der Waals surface area contributed by atoms with Gasteiger partial charge in [-0.2, -0.15) is 0 Å². The molecule has 0 aliphatic heterocycles. The van der Waals surface area contributed by atoms with Gasteiger partial charge in [0.2, 0.25) is 5.91 Å². The van der Waals surface area contributed by atoms with Crippen LogP contribution in [-0.4, -0.2) is 20.7 Å². The fourth-order valence-electron chi connectivity index (χ4n) is 7.42. The van der Waals surface area contributed by atoms with Crippen molar-refractivity contribution in [1.82, 2.24) is 20.1 Å². The van der Waals surface area contributed by atoms with Crippen molar-refractivity contribution in [3.8, 4) is 5.69 Å². The van der Waals surface area contributed by atoms with Crippen LogP contribution in [0.3, 0.4) is 0 Å². The largest absolute Gasteiger partial charge is 0.346 e. The lowest BCUT2D eigenvalue weighted by atomic mass is 9.49. The average Bonchev–Trinajstić information content (AvgIpc) is 3.28. The van der Waals surface area contributed by atoms with Gasteiger partial charge in [-0.05, 0) is 106 Å². The Bertz CT molecular complexity index is 1300. The van der Waals surface area contributed by atoms with Crippen LogP contribution in [-0.2, 0) is 10.5 Å². The van der Waals surface area contributed by atoms with Crippen molar-refractivity contribution >= 4 is 29.3 Å². The van der Waals surface area contributed by atoms with Crippen LogP contribution in [0, 0.1) is 37.0 Å². The number of aromatic nitrogens is 3. The first kappa shape index (κ1) is 25.0. The molecule has 1 atom stereocenters. The maximum absolute atomic E-state index is 13.8. The minimum absolute atomic E-state index is 0.192. The van der Waals surface area contributed by atoms with E-state index in [4.69, 9.17) is 11.6 Å². The van der Waals surface area contributed by atoms with E-state index >= 15 is 0 Å². The smallest absolute Gasteiger partial charge is 0.226 e. The second kappa shape index (κ2) is 9.77. The summed E-state index contributed by atoms with van der Waals surface area (Å²) < 4.78 is 2.09. The lowest BCUT2D eigenvalue weighted by Crippen LogP contribution is -2.54. The van der Waals surface area contributed by atoms with Gasteiger partial charge in [-0.3, -0.25) is 9.36 Å². The molecule has 7 heteroatoms. The van der Waals surface area contributed by atoms with E-state index in [0.717, 1.165) is 65.0 Å². The normalized spacial score (nSPS) is 26.9. The number of halogens is 1. The lowest BCUT2D eigenvalue weighted by molar-refractivity contribution is -0.147. The van der Waals surface area contributed by atoms with Gasteiger partial charge in [0.25, 0.3) is 0 Å². The Morgan fingerprint density at radius 3 is 2.41 bits per heavy atom. The zero-order chi connectivity index (χ0) is 25.7. The van der Waals surface area contributed by atoms with E-state index in [1.54, 1.807) is 11.8 Å². The van der Waals surface area contributed by atoms with E-state index in [0.29, 0.717) is 5.02 Å². The van der Waals surface area contributed by atoms with Crippen LogP contribution in [0.4, 0.5) is 0 Å². The van der Waals surface area contributed by atoms with Crippen molar-refractivity contribution in [2.24, 2.45) is 23.2 Å². The van der Waals surface area contributed by atoms with E-state index in [1.807, 2.05) is 25.1 Å². The van der Waals surface area contributed by atoms with Crippen LogP contribution in [0.1, 0.15) is 74.0 Å². The third-order valence-electron chi connectivity index (χ3n) is 8.94. The second-order valence-corrected chi connectivity index (χ2v) is 13.1. The molecule has 5 nitrogen and oxygen atoms in total. The molecule has 194 valence electrons. The van der Waals surface area contributed by atoms with Gasteiger partial charge in [0.05, 0.1) is 11.7 Å². The quantitative estimate of drug-likeness (QED) is 0.325. The number of rotatable bonds is 7. The summed E-state index contributed by atoms with van der Waals surface area (Å²) in [5, 5.41) is 14.1. The summed E-state index contributed by atoms with van der Waals surface area (Å²) in [5.41, 5.74) is 4.38. The number of thioether (sulfide) groups is 1. The standard InChI is InChI=1S/C30H35ClN4OS/c1-18-6-4-5-7-24(18)17-37-29-34-33-27(35(29)26-13-25(31)9-8-19(26)2)20(3)32-28(36)30-14-21-10-22(15-30)12-23(11-21)16-30/h4-9,13,20-23H,10-12,14-17H2,1-3H3,(H,32,36). The molecule has 1 unspecified atom stereocenters. The summed E-state index contributed by atoms with van der Waals surface area (Å²) in [6.07, 6.45) is 7.13. The molecule has 4 bridgehead atoms. The number of nitrogens with zero attached hydrogens (tertiary/aromatic N) is 3. The van der Waals surface area contributed by atoms with E-state index in [2.05, 4.69) is 58.2 Å². The molecule has 1 aromatic heterocycles. The van der Waals surface area contributed by atoms with Crippen molar-refractivity contribution < 1.29 is 4.79 Å². The molecule has 7 rings (SSSR count). The summed E-state index contributed by atoms with van der Waals surface area (Å²) in [4.78, 5) is 13.8. The summed E-state index contributed by atoms with van der Waals surface area (Å²) >= 11 is 8.10. The molecule has 1 amide bonds. The fourth-order valence-corrected chi connectivity index (χ4v) is 8.62. The van der Waals surface area contributed by atoms with Crippen LogP contribution < -0.4 is 5.32 Å². The first-order chi connectivity index (χ1) is 17.8. The molecule has 0 spiro atoms. The lowest BCUT2D eigenvalue weighted by Gasteiger charge is -2.55. The summed E-state index contributed by atoms with van der Waals surface area (Å²) in [6.45, 7) is 6.24. The Kier molecular flexibility index (Phi) is 6.60. The molecule has 1 N–H and O–H groups in total. The maximum Gasteiger partial charge on any atom is 0.226 e. The number of hydrogen-bond donors (Lipinski definition) is 1. The Balaban J connectivity index is 1.30. The van der Waals surface area contributed by atoms with Crippen LogP contribution in [0.5, 0.6) is 0 Å². The number of benzene rings is 2. The van der Waals surface area contributed by atoms with Gasteiger partial charge >= 0.3 is 0 Å². The molecule has 0 saturated heterocycles. The molecule has 2 aromatic carbocycles. The Morgan fingerprint density at radius 2 is 1.73 bits per heavy atom. The molecule has 1 heterocycles. The van der Waals surface area contributed by atoms with Crippen molar-refractivity contribution in [2.45, 2.75) is 76.2 Å². The van der Waals surface area contributed by atoms with Crippen LogP contribution in [0.15, 0.2) is 47.6 Å². The highest BCUT2D eigenvalue weighted by molar-refractivity contribution is 7.98. The highest BCUT2D eigenvalue weighted by Gasteiger charge is 2.54. The average molecular weight is 535 g/mol. The van der Waals surface area contributed by atoms with Crippen LogP contribution in [0.2, 0.25) is 5.02 Å². The SMILES string of the molecule is Cc1ccccc1CSc1nnc(C(C)NC(=O)C23CC4CC(CC(C4)C2)C3)n1-c1cc(Cl)ccc1C. The molecule has 4 aliphatic rings. The van der Waals surface area contributed by atoms with E-state index in [1.165, 1.54) is 30.4 Å². The maximum atomic E-state index is 13.8. The van der Waals surface area contributed by atoms with Crippen LogP contribution in [0.25, 0.3) is 5.69 Å². The van der Waals surface area contributed by atoms with Crippen molar-refractivity contribution in [3.63, 3.8) is 0 Å². The van der Waals surface area contributed by atoms with Crippen LogP contribution >= 0.6 is 23.4 Å². The number of amides is 1. The molecular weight excluding hydrogens is 500 g/mol. The molecule has 4 aliphatic carbocycles. The van der Waals surface area contributed by atoms with E-state index < -0.39 is 0 Å². The Hall–Kier alpha value is -2.31. The molecule has 4 fully saturated rings. The van der Waals surface area contributed by atoms with Gasteiger partial charge in [0, 0.05) is 16.2 Å². The van der Waals surface area contributed by atoms with Crippen molar-refractivity contribution in [2.75, 3.05) is 0 Å². The number of aryl methyl sites for hydroxylation is 2. The number of carbonyl (C=O) groups excluding carboxylic acids is 1. The molecular formula is C30H35ClN4OS. The monoisotopic (exact) mass is 534 g/mol. The third-order valence-corrected chi connectivity index (χ3v) is 10.2. The number of hydrogen-bond acceptors (Lipinski definition) is 4. The Morgan fingerprint density at radius 1 is 1.05 bits per heavy atom. The topological polar surface area (TPSA) is 59.8 Å².